The number of unbranched alkanes of at least 4 members (excludes halogenated alkanes) is 10. The zero-order chi connectivity index (χ0) is 22.0. The first-order valence-corrected chi connectivity index (χ1v) is 11.9. The van der Waals surface area contributed by atoms with E-state index >= 15 is 0 Å². The predicted molar refractivity (Wildman–Crippen MR) is 125 cm³/mol. The number of rotatable bonds is 18. The van der Waals surface area contributed by atoms with Gasteiger partial charge < -0.3 is 14.6 Å². The lowest BCUT2D eigenvalue weighted by atomic mass is 10.1. The Morgan fingerprint density at radius 2 is 1.30 bits per heavy atom. The Hall–Kier alpha value is -1.97. The van der Waals surface area contributed by atoms with Gasteiger partial charge in [0.25, 0.3) is 0 Å². The molecule has 170 valence electrons. The van der Waals surface area contributed by atoms with Gasteiger partial charge in [0.2, 0.25) is 0 Å². The molecular weight excluding hydrogens is 376 g/mol. The molecule has 0 saturated carbocycles. The first-order chi connectivity index (χ1) is 14.6. The van der Waals surface area contributed by atoms with Gasteiger partial charge in [-0.1, -0.05) is 84.1 Å². The van der Waals surface area contributed by atoms with Crippen LogP contribution < -0.4 is 9.47 Å². The highest BCUT2D eigenvalue weighted by molar-refractivity contribution is 5.91. The quantitative estimate of drug-likeness (QED) is 0.196. The number of benzene rings is 1. The van der Waals surface area contributed by atoms with Crippen molar-refractivity contribution in [2.24, 2.45) is 0 Å². The van der Waals surface area contributed by atoms with E-state index in [1.54, 1.807) is 13.0 Å². The number of hydrogen-bond acceptors (Lipinski definition) is 3. The normalized spacial score (nSPS) is 11.5. The molecule has 0 aliphatic rings. The fourth-order valence-corrected chi connectivity index (χ4v) is 3.29. The summed E-state index contributed by atoms with van der Waals surface area (Å²) in [5, 5.41) is 9.13. The summed E-state index contributed by atoms with van der Waals surface area (Å²) in [6.07, 6.45) is 16.3. The van der Waals surface area contributed by atoms with E-state index in [1.165, 1.54) is 64.2 Å². The second-order valence-electron chi connectivity index (χ2n) is 8.07. The molecule has 0 aromatic heterocycles. The third kappa shape index (κ3) is 11.9. The van der Waals surface area contributed by atoms with Crippen LogP contribution >= 0.6 is 0 Å². The van der Waals surface area contributed by atoms with Gasteiger partial charge >= 0.3 is 5.97 Å². The molecule has 1 aromatic rings. The van der Waals surface area contributed by atoms with E-state index < -0.39 is 5.97 Å². The molecule has 4 nitrogen and oxygen atoms in total. The Morgan fingerprint density at radius 1 is 0.800 bits per heavy atom. The smallest absolute Gasteiger partial charge is 0.331 e. The van der Waals surface area contributed by atoms with Gasteiger partial charge in [-0.2, -0.15) is 0 Å². The highest BCUT2D eigenvalue weighted by Gasteiger charge is 2.08. The maximum absolute atomic E-state index is 11.1. The number of carboxylic acid groups (broad SMARTS) is 1. The lowest BCUT2D eigenvalue weighted by molar-refractivity contribution is -0.132. The van der Waals surface area contributed by atoms with Crippen LogP contribution in [0.2, 0.25) is 0 Å². The number of hydrogen-bond donors (Lipinski definition) is 1. The number of carbonyl (C=O) groups is 1. The molecule has 0 fully saturated rings. The van der Waals surface area contributed by atoms with Gasteiger partial charge in [0.1, 0.15) is 0 Å². The Bertz CT molecular complexity index is 621. The number of ether oxygens (including phenoxy) is 2. The summed E-state index contributed by atoms with van der Waals surface area (Å²) in [5.74, 6) is 0.550. The predicted octanol–water partition coefficient (Wildman–Crippen LogP) is 7.65. The van der Waals surface area contributed by atoms with Crippen LogP contribution in [0.25, 0.3) is 6.08 Å². The molecule has 0 aliphatic heterocycles. The monoisotopic (exact) mass is 418 g/mol. The van der Waals surface area contributed by atoms with Crippen LogP contribution in [0.15, 0.2) is 23.8 Å². The first-order valence-electron chi connectivity index (χ1n) is 11.9. The maximum atomic E-state index is 11.1. The summed E-state index contributed by atoms with van der Waals surface area (Å²) in [7, 11) is 0. The lowest BCUT2D eigenvalue weighted by Crippen LogP contribution is -2.03. The Balaban J connectivity index is 2.61. The van der Waals surface area contributed by atoms with Crippen LogP contribution in [0, 0.1) is 0 Å². The van der Waals surface area contributed by atoms with Crippen molar-refractivity contribution in [1.29, 1.82) is 0 Å². The molecule has 1 rings (SSSR count). The molecule has 0 atom stereocenters. The second-order valence-corrected chi connectivity index (χ2v) is 8.07. The Labute approximate surface area is 183 Å². The fourth-order valence-electron chi connectivity index (χ4n) is 3.29. The first kappa shape index (κ1) is 26.1. The summed E-state index contributed by atoms with van der Waals surface area (Å²) in [5.41, 5.74) is 1.12. The van der Waals surface area contributed by atoms with E-state index in [0.717, 1.165) is 24.2 Å². The number of carboxylic acids is 1. The average molecular weight is 419 g/mol. The van der Waals surface area contributed by atoms with Crippen molar-refractivity contribution >= 4 is 12.0 Å². The summed E-state index contributed by atoms with van der Waals surface area (Å²) in [6, 6.07) is 5.68. The molecule has 4 heteroatoms. The number of aliphatic carboxylic acids is 1. The molecular formula is C26H42O4. The molecule has 0 heterocycles. The molecule has 0 aliphatic carbocycles. The highest BCUT2D eigenvalue weighted by Crippen LogP contribution is 2.30. The molecule has 0 bridgehead atoms. The van der Waals surface area contributed by atoms with Crippen molar-refractivity contribution in [2.45, 2.75) is 97.8 Å². The molecule has 0 unspecified atom stereocenters. The molecule has 0 radical (unpaired) electrons. The third-order valence-electron chi connectivity index (χ3n) is 5.20. The van der Waals surface area contributed by atoms with Crippen molar-refractivity contribution in [3.05, 3.63) is 29.3 Å². The second kappa shape index (κ2) is 16.8. The van der Waals surface area contributed by atoms with Gasteiger partial charge in [-0.05, 0) is 43.5 Å². The van der Waals surface area contributed by atoms with E-state index in [2.05, 4.69) is 13.8 Å². The zero-order valence-corrected chi connectivity index (χ0v) is 19.4. The van der Waals surface area contributed by atoms with Gasteiger partial charge in [-0.15, -0.1) is 0 Å². The maximum Gasteiger partial charge on any atom is 0.331 e. The van der Waals surface area contributed by atoms with Crippen LogP contribution in [0.3, 0.4) is 0 Å². The van der Waals surface area contributed by atoms with E-state index in [0.29, 0.717) is 24.5 Å². The molecule has 0 spiro atoms. The van der Waals surface area contributed by atoms with Crippen LogP contribution in [0.1, 0.15) is 103 Å². The van der Waals surface area contributed by atoms with Crippen molar-refractivity contribution < 1.29 is 19.4 Å². The average Bonchev–Trinajstić information content (AvgIpc) is 2.73. The van der Waals surface area contributed by atoms with Gasteiger partial charge in [0, 0.05) is 5.57 Å². The molecule has 30 heavy (non-hydrogen) atoms. The summed E-state index contributed by atoms with van der Waals surface area (Å²) < 4.78 is 12.0. The summed E-state index contributed by atoms with van der Waals surface area (Å²) in [4.78, 5) is 11.1. The van der Waals surface area contributed by atoms with Gasteiger partial charge in [0.05, 0.1) is 13.2 Å². The van der Waals surface area contributed by atoms with Crippen LogP contribution in [0.4, 0.5) is 0 Å². The highest BCUT2D eigenvalue weighted by atomic mass is 16.5. The van der Waals surface area contributed by atoms with Crippen molar-refractivity contribution in [3.8, 4) is 11.5 Å². The lowest BCUT2D eigenvalue weighted by Gasteiger charge is -2.14. The minimum Gasteiger partial charge on any atom is -0.490 e. The van der Waals surface area contributed by atoms with Gasteiger partial charge in [-0.3, -0.25) is 0 Å². The van der Waals surface area contributed by atoms with Crippen molar-refractivity contribution in [1.82, 2.24) is 0 Å². The van der Waals surface area contributed by atoms with Crippen molar-refractivity contribution in [2.75, 3.05) is 13.2 Å². The Kier molecular flexibility index (Phi) is 14.6. The minimum atomic E-state index is -0.909. The van der Waals surface area contributed by atoms with Crippen LogP contribution in [-0.4, -0.2) is 24.3 Å². The Morgan fingerprint density at radius 3 is 1.83 bits per heavy atom. The largest absolute Gasteiger partial charge is 0.490 e. The van der Waals surface area contributed by atoms with Gasteiger partial charge in [-0.25, -0.2) is 4.79 Å². The summed E-state index contributed by atoms with van der Waals surface area (Å²) in [6.45, 7) is 7.39. The molecule has 1 aromatic carbocycles. The molecule has 0 amide bonds. The minimum absolute atomic E-state index is 0.303. The topological polar surface area (TPSA) is 55.8 Å². The van der Waals surface area contributed by atoms with Crippen LogP contribution in [0.5, 0.6) is 11.5 Å². The zero-order valence-electron chi connectivity index (χ0n) is 19.4. The molecule has 0 saturated heterocycles. The van der Waals surface area contributed by atoms with E-state index in [1.807, 2.05) is 18.2 Å². The molecule has 1 N–H and O–H groups in total. The van der Waals surface area contributed by atoms with Crippen molar-refractivity contribution in [3.63, 3.8) is 0 Å². The van der Waals surface area contributed by atoms with E-state index in [-0.39, 0.29) is 0 Å². The van der Waals surface area contributed by atoms with E-state index in [9.17, 15) is 4.79 Å². The fraction of sp³-hybridized carbons (Fsp3) is 0.654. The summed E-state index contributed by atoms with van der Waals surface area (Å²) >= 11 is 0. The van der Waals surface area contributed by atoms with Gasteiger partial charge in [0.15, 0.2) is 11.5 Å². The SMILES string of the molecule is CCCCCCCCOc1ccc(/C=C(\C)C(=O)O)cc1OCCCCCCCC. The van der Waals surface area contributed by atoms with E-state index in [4.69, 9.17) is 14.6 Å². The van der Waals surface area contributed by atoms with Crippen LogP contribution in [-0.2, 0) is 4.79 Å². The third-order valence-corrected chi connectivity index (χ3v) is 5.20. The standard InChI is InChI=1S/C26H42O4/c1-4-6-8-10-12-14-18-29-24-17-16-23(20-22(3)26(27)28)21-25(24)30-19-15-13-11-9-7-5-2/h16-17,20-21H,4-15,18-19H2,1-3H3,(H,27,28)/b22-20+.